The number of nitrogens with zero attached hydrogens (tertiary/aromatic N) is 1. The average molecular weight is 1030 g/mol. The van der Waals surface area contributed by atoms with Crippen LogP contribution in [0.3, 0.4) is 0 Å². The van der Waals surface area contributed by atoms with Gasteiger partial charge >= 0.3 is 29.6 Å². The third kappa shape index (κ3) is 20.4. The van der Waals surface area contributed by atoms with Crippen molar-refractivity contribution in [3.63, 3.8) is 0 Å². The van der Waals surface area contributed by atoms with Crippen LogP contribution in [0, 0.1) is 41.5 Å². The van der Waals surface area contributed by atoms with E-state index >= 15 is 0 Å². The van der Waals surface area contributed by atoms with Gasteiger partial charge in [-0.25, -0.2) is 0 Å². The molecule has 0 atom stereocenters. The van der Waals surface area contributed by atoms with Gasteiger partial charge < -0.3 is 22.6 Å². The Morgan fingerprint density at radius 3 is 1.32 bits per heavy atom. The maximum atomic E-state index is 12.1. The number of ketones is 1. The van der Waals surface area contributed by atoms with E-state index in [2.05, 4.69) is 117 Å². The molecule has 57 heavy (non-hydrogen) atoms. The molecule has 0 spiro atoms. The number of rotatable bonds is 8. The SMILES string of the molecule is Cc1cc(CC(=S)CC(=O)c2ccccc2)cc(C)c1Br.Cc1cc(CC(N)=S)cc(C)c1Br.Cc1cc(N)cc(C)c1Br.O=C(N=S)c1ccccc1.[NH-]O.[Na+]. The number of halogens is 3. The number of Topliss-reactive ketones (excluding diaryl/α,β-unsaturated/α-hetero) is 1. The maximum absolute atomic E-state index is 12.1. The number of aryl methyl sites for hydroxylation is 6. The topological polar surface area (TPSA) is 143 Å². The summed E-state index contributed by atoms with van der Waals surface area (Å²) in [5, 5.41) is 6.25. The van der Waals surface area contributed by atoms with Gasteiger partial charge in [0.2, 0.25) is 0 Å². The fraction of sp³-hybridized carbons (Fsp3) is 0.209. The van der Waals surface area contributed by atoms with Gasteiger partial charge in [0.25, 0.3) is 5.91 Å². The molecule has 0 aliphatic rings. The summed E-state index contributed by atoms with van der Waals surface area (Å²) in [5.74, 6) is 4.49. The standard InChI is InChI=1S/C18H17BrOS.C10H12BrNS.C8H10BrN.C7H5NOS.H2NO.Na/c1-12-8-14(9-13(2)18(12)19)10-16(21)11-17(20)15-6-4-3-5-7-15;1-6-3-8(5-9(12)13)4-7(2)10(6)11;1-5-3-7(10)4-6(2)8(5)9;9-7(8-10)6-4-2-1-3-5-6;1-2;/h3-9H,10-11H2,1-2H3;3-4H,5H2,1-2H3,(H2,12,13);3-4H,10H2,1-2H3;1-5H;1-2H;/q;;;;-1;+1. The summed E-state index contributed by atoms with van der Waals surface area (Å²) in [4.78, 5) is 24.2. The normalized spacial score (nSPS) is 9.53. The van der Waals surface area contributed by atoms with Crippen LogP contribution in [0.1, 0.15) is 71.6 Å². The van der Waals surface area contributed by atoms with Crippen LogP contribution in [0.25, 0.3) is 5.90 Å². The van der Waals surface area contributed by atoms with Crippen molar-refractivity contribution in [3.05, 3.63) is 172 Å². The minimum atomic E-state index is -0.351. The maximum Gasteiger partial charge on any atom is 1.00 e. The van der Waals surface area contributed by atoms with Crippen molar-refractivity contribution in [2.45, 2.75) is 60.8 Å². The number of hydrogen-bond donors (Lipinski definition) is 3. The van der Waals surface area contributed by atoms with Crippen molar-refractivity contribution in [1.29, 1.82) is 0 Å². The molecule has 0 saturated carbocycles. The number of benzene rings is 5. The van der Waals surface area contributed by atoms with E-state index in [0.717, 1.165) is 25.1 Å². The van der Waals surface area contributed by atoms with Crippen LogP contribution < -0.4 is 41.0 Å². The molecule has 0 fully saturated rings. The van der Waals surface area contributed by atoms with Gasteiger partial charge in [-0.2, -0.15) is 0 Å². The molecule has 1 amide bonds. The Morgan fingerprint density at radius 1 is 0.632 bits per heavy atom. The van der Waals surface area contributed by atoms with Crippen molar-refractivity contribution in [2.24, 2.45) is 10.1 Å². The molecule has 0 aliphatic carbocycles. The number of nitrogen functional groups attached to an aromatic ring is 1. The number of hydrogen-bond acceptors (Lipinski definition) is 7. The minimum absolute atomic E-state index is 0. The molecule has 5 aromatic rings. The smallest absolute Gasteiger partial charge is 0.553 e. The van der Waals surface area contributed by atoms with Crippen molar-refractivity contribution >= 4 is 112 Å². The van der Waals surface area contributed by atoms with E-state index in [-0.39, 0.29) is 41.2 Å². The van der Waals surface area contributed by atoms with Gasteiger partial charge in [-0.15, -0.1) is 4.36 Å². The van der Waals surface area contributed by atoms with Crippen molar-refractivity contribution in [3.8, 4) is 0 Å². The van der Waals surface area contributed by atoms with Crippen molar-refractivity contribution < 1.29 is 44.4 Å². The number of thiocarbonyl (C=S) groups is 2. The van der Waals surface area contributed by atoms with Crippen molar-refractivity contribution in [1.82, 2.24) is 0 Å². The van der Waals surface area contributed by atoms with Gasteiger partial charge in [-0.1, -0.05) is 145 Å². The number of nitrogens with one attached hydrogen (secondary N) is 1. The van der Waals surface area contributed by atoms with Gasteiger partial charge in [0, 0.05) is 66.8 Å². The van der Waals surface area contributed by atoms with E-state index in [1.165, 1.54) is 49.0 Å². The molecule has 0 heterocycles. The Labute approximate surface area is 400 Å². The number of nitrogens with two attached hydrogens (primary N) is 2. The van der Waals surface area contributed by atoms with Gasteiger partial charge in [0.05, 0.1) is 4.99 Å². The fourth-order valence-electron chi connectivity index (χ4n) is 5.28. The van der Waals surface area contributed by atoms with Crippen LogP contribution in [0.4, 0.5) is 5.69 Å². The Hall–Kier alpha value is -2.40. The van der Waals surface area contributed by atoms with E-state index in [4.69, 9.17) is 47.0 Å². The summed E-state index contributed by atoms with van der Waals surface area (Å²) in [6.07, 6.45) is 1.68. The molecule has 7 nitrogen and oxygen atoms in total. The zero-order valence-corrected chi connectivity index (χ0v) is 42.3. The summed E-state index contributed by atoms with van der Waals surface area (Å²) >= 11 is 25.0. The second kappa shape index (κ2) is 28.9. The van der Waals surface area contributed by atoms with E-state index in [1.807, 2.05) is 62.4 Å². The van der Waals surface area contributed by atoms with Gasteiger partial charge in [-0.3, -0.25) is 9.59 Å². The zero-order valence-electron chi connectivity index (χ0n) is 33.1. The number of amides is 1. The van der Waals surface area contributed by atoms with Crippen LogP contribution in [0.15, 0.2) is 115 Å². The van der Waals surface area contributed by atoms with Crippen molar-refractivity contribution in [2.75, 3.05) is 5.73 Å². The molecule has 14 heteroatoms. The third-order valence-corrected chi connectivity index (χ3v) is 12.1. The Kier molecular flexibility index (Phi) is 27.7. The predicted molar refractivity (Wildman–Crippen MR) is 254 cm³/mol. The molecule has 0 unspecified atom stereocenters. The second-order valence-corrected chi connectivity index (χ2v) is 16.3. The van der Waals surface area contributed by atoms with Crippen LogP contribution in [-0.4, -0.2) is 26.8 Å². The first kappa shape index (κ1) is 54.6. The van der Waals surface area contributed by atoms with E-state index in [1.54, 1.807) is 24.3 Å². The minimum Gasteiger partial charge on any atom is -0.553 e. The molecule has 0 bridgehead atoms. The Bertz CT molecular complexity index is 2050. The van der Waals surface area contributed by atoms with Gasteiger partial charge in [0.1, 0.15) is 0 Å². The molecule has 0 aromatic heterocycles. The van der Waals surface area contributed by atoms with Crippen LogP contribution >= 0.6 is 72.2 Å². The van der Waals surface area contributed by atoms with E-state index in [0.29, 0.717) is 29.8 Å². The number of carbonyl (C=O) groups excluding carboxylic acids is 2. The van der Waals surface area contributed by atoms with E-state index in [9.17, 15) is 9.59 Å². The molecule has 0 aliphatic heterocycles. The quantitative estimate of drug-likeness (QED) is 0.0459. The molecule has 0 saturated heterocycles. The monoisotopic (exact) mass is 1020 g/mol. The van der Waals surface area contributed by atoms with Crippen LogP contribution in [0.2, 0.25) is 0 Å². The first-order chi connectivity index (χ1) is 26.4. The Morgan fingerprint density at radius 2 is 0.965 bits per heavy atom. The Balaban J connectivity index is 0.000000756. The third-order valence-electron chi connectivity index (χ3n) is 7.79. The van der Waals surface area contributed by atoms with Gasteiger partial charge in [0.15, 0.2) is 5.78 Å². The van der Waals surface area contributed by atoms with E-state index < -0.39 is 0 Å². The fourth-order valence-corrected chi connectivity index (χ4v) is 6.54. The first-order valence-electron chi connectivity index (χ1n) is 17.0. The zero-order chi connectivity index (χ0) is 42.5. The summed E-state index contributed by atoms with van der Waals surface area (Å²) < 4.78 is 6.56. The molecular weight excluding hydrogens is 979 g/mol. The average Bonchev–Trinajstić information content (AvgIpc) is 3.16. The van der Waals surface area contributed by atoms with Gasteiger partial charge in [-0.05, 0) is 110 Å². The summed E-state index contributed by atoms with van der Waals surface area (Å²) in [7, 11) is 0. The largest absolute Gasteiger partial charge is 1.00 e. The van der Waals surface area contributed by atoms with Crippen LogP contribution in [0.5, 0.6) is 0 Å². The number of anilines is 1. The molecule has 5 aromatic carbocycles. The molecule has 6 N–H and O–H groups in total. The summed E-state index contributed by atoms with van der Waals surface area (Å²) in [5.41, 5.74) is 22.8. The second-order valence-electron chi connectivity index (χ2n) is 12.6. The molecular formula is C43H46Br3N4NaO3S3. The summed E-state index contributed by atoms with van der Waals surface area (Å²) in [6.45, 7) is 12.3. The number of carbonyl (C=O) groups is 2. The summed E-state index contributed by atoms with van der Waals surface area (Å²) in [6, 6.07) is 30.4. The first-order valence-corrected chi connectivity index (χ1v) is 20.6. The van der Waals surface area contributed by atoms with Crippen LogP contribution in [-0.2, 0) is 25.3 Å². The molecule has 0 radical (unpaired) electrons. The molecule has 296 valence electrons. The predicted octanol–water partition coefficient (Wildman–Crippen LogP) is 9.78. The molecule has 5 rings (SSSR count).